The average Bonchev–Trinajstić information content (AvgIpc) is 2.79. The van der Waals surface area contributed by atoms with Gasteiger partial charge in [-0.1, -0.05) is 18.2 Å². The monoisotopic (exact) mass is 440 g/mol. The summed E-state index contributed by atoms with van der Waals surface area (Å²) in [6.07, 6.45) is 0.897. The quantitative estimate of drug-likeness (QED) is 0.402. The van der Waals surface area contributed by atoms with Crippen LogP contribution in [-0.2, 0) is 14.3 Å². The number of likely N-dealkylation sites (tertiary alicyclic amines) is 1. The number of benzene rings is 2. The van der Waals surface area contributed by atoms with Crippen molar-refractivity contribution in [2.24, 2.45) is 5.92 Å². The van der Waals surface area contributed by atoms with Crippen molar-refractivity contribution >= 4 is 35.0 Å². The molecule has 0 radical (unpaired) electrons. The number of rotatable bonds is 6. The van der Waals surface area contributed by atoms with E-state index < -0.39 is 23.4 Å². The zero-order valence-electron chi connectivity index (χ0n) is 17.6. The van der Waals surface area contributed by atoms with E-state index in [2.05, 4.69) is 10.6 Å². The number of carbonyl (C=O) groups is 3. The van der Waals surface area contributed by atoms with Crippen LogP contribution in [0, 0.1) is 23.0 Å². The van der Waals surface area contributed by atoms with Gasteiger partial charge in [0.1, 0.15) is 0 Å². The van der Waals surface area contributed by atoms with E-state index in [4.69, 9.17) is 4.74 Å². The summed E-state index contributed by atoms with van der Waals surface area (Å²) < 4.78 is 5.13. The van der Waals surface area contributed by atoms with E-state index in [0.29, 0.717) is 42.9 Å². The Morgan fingerprint density at radius 3 is 2.41 bits per heavy atom. The summed E-state index contributed by atoms with van der Waals surface area (Å²) in [4.78, 5) is 48.7. The number of hydrogen-bond donors (Lipinski definition) is 2. The molecule has 1 heterocycles. The number of aryl methyl sites for hydroxylation is 1. The van der Waals surface area contributed by atoms with Crippen molar-refractivity contribution < 1.29 is 24.0 Å². The van der Waals surface area contributed by atoms with Crippen LogP contribution in [0.25, 0.3) is 0 Å². The topological polar surface area (TPSA) is 131 Å². The van der Waals surface area contributed by atoms with E-state index in [1.807, 2.05) is 18.2 Å². The molecule has 0 bridgehead atoms. The molecule has 0 aliphatic carbocycles. The third kappa shape index (κ3) is 6.03. The van der Waals surface area contributed by atoms with Crippen molar-refractivity contribution in [1.29, 1.82) is 0 Å². The van der Waals surface area contributed by atoms with Crippen LogP contribution in [0.5, 0.6) is 0 Å². The maximum absolute atomic E-state index is 12.3. The molecule has 32 heavy (non-hydrogen) atoms. The molecule has 2 aromatic rings. The van der Waals surface area contributed by atoms with Crippen molar-refractivity contribution in [3.8, 4) is 0 Å². The lowest BCUT2D eigenvalue weighted by Gasteiger charge is -2.30. The van der Waals surface area contributed by atoms with Gasteiger partial charge in [-0.3, -0.25) is 19.7 Å². The van der Waals surface area contributed by atoms with Gasteiger partial charge in [0.25, 0.3) is 11.6 Å². The van der Waals surface area contributed by atoms with Gasteiger partial charge in [-0.05, 0) is 43.5 Å². The van der Waals surface area contributed by atoms with Crippen LogP contribution in [-0.4, -0.2) is 47.4 Å². The molecule has 0 atom stereocenters. The molecule has 1 fully saturated rings. The minimum absolute atomic E-state index is 0.0734. The summed E-state index contributed by atoms with van der Waals surface area (Å²) in [6.45, 7) is 2.00. The third-order valence-corrected chi connectivity index (χ3v) is 5.18. The summed E-state index contributed by atoms with van der Waals surface area (Å²) in [5, 5.41) is 16.2. The first-order valence-electron chi connectivity index (χ1n) is 10.2. The maximum atomic E-state index is 12.3. The van der Waals surface area contributed by atoms with Gasteiger partial charge in [-0.25, -0.2) is 4.79 Å². The number of para-hydroxylation sites is 1. The van der Waals surface area contributed by atoms with Crippen molar-refractivity contribution in [2.45, 2.75) is 19.8 Å². The fourth-order valence-corrected chi connectivity index (χ4v) is 3.38. The SMILES string of the molecule is Cc1cc([N+](=O)[O-])ccc1NC(=O)COC(=O)C1CCN(C(=O)Nc2ccccc2)CC1. The Balaban J connectivity index is 1.41. The molecule has 10 nitrogen and oxygen atoms in total. The summed E-state index contributed by atoms with van der Waals surface area (Å²) in [5.74, 6) is -1.40. The van der Waals surface area contributed by atoms with Crippen molar-refractivity contribution in [1.82, 2.24) is 4.90 Å². The molecule has 0 unspecified atom stereocenters. The molecule has 1 aliphatic heterocycles. The Morgan fingerprint density at radius 1 is 1.09 bits per heavy atom. The highest BCUT2D eigenvalue weighted by atomic mass is 16.6. The average molecular weight is 440 g/mol. The van der Waals surface area contributed by atoms with Gasteiger partial charge in [-0.2, -0.15) is 0 Å². The molecule has 0 aromatic heterocycles. The van der Waals surface area contributed by atoms with Gasteiger partial charge >= 0.3 is 12.0 Å². The maximum Gasteiger partial charge on any atom is 0.321 e. The molecular formula is C22H24N4O6. The highest BCUT2D eigenvalue weighted by Gasteiger charge is 2.28. The number of piperidine rings is 1. The largest absolute Gasteiger partial charge is 0.455 e. The Morgan fingerprint density at radius 2 is 1.78 bits per heavy atom. The zero-order chi connectivity index (χ0) is 23.1. The lowest BCUT2D eigenvalue weighted by Crippen LogP contribution is -2.43. The van der Waals surface area contributed by atoms with Gasteiger partial charge < -0.3 is 20.3 Å². The Bertz CT molecular complexity index is 1000. The first-order valence-corrected chi connectivity index (χ1v) is 10.2. The summed E-state index contributed by atoms with van der Waals surface area (Å²) in [5.41, 5.74) is 1.57. The second-order valence-corrected chi connectivity index (χ2v) is 7.47. The van der Waals surface area contributed by atoms with Gasteiger partial charge in [0.2, 0.25) is 0 Å². The van der Waals surface area contributed by atoms with Crippen LogP contribution >= 0.6 is 0 Å². The second-order valence-electron chi connectivity index (χ2n) is 7.47. The first-order chi connectivity index (χ1) is 15.3. The van der Waals surface area contributed by atoms with Gasteiger partial charge in [0.15, 0.2) is 6.61 Å². The van der Waals surface area contributed by atoms with E-state index >= 15 is 0 Å². The Labute approximate surface area is 184 Å². The van der Waals surface area contributed by atoms with Crippen LogP contribution in [0.15, 0.2) is 48.5 Å². The van der Waals surface area contributed by atoms with E-state index in [0.717, 1.165) is 0 Å². The first kappa shape index (κ1) is 22.7. The molecule has 10 heteroatoms. The Kier molecular flexibility index (Phi) is 7.37. The summed E-state index contributed by atoms with van der Waals surface area (Å²) in [7, 11) is 0. The smallest absolute Gasteiger partial charge is 0.321 e. The highest BCUT2D eigenvalue weighted by Crippen LogP contribution is 2.22. The summed E-state index contributed by atoms with van der Waals surface area (Å²) in [6, 6.07) is 13.0. The lowest BCUT2D eigenvalue weighted by molar-refractivity contribution is -0.384. The third-order valence-electron chi connectivity index (χ3n) is 5.18. The minimum Gasteiger partial charge on any atom is -0.455 e. The molecule has 0 spiro atoms. The van der Waals surface area contributed by atoms with Crippen molar-refractivity contribution in [3.63, 3.8) is 0 Å². The van der Waals surface area contributed by atoms with Crippen LogP contribution in [0.2, 0.25) is 0 Å². The number of hydrogen-bond acceptors (Lipinski definition) is 6. The number of nitrogens with one attached hydrogen (secondary N) is 2. The number of amides is 3. The van der Waals surface area contributed by atoms with Crippen molar-refractivity contribution in [2.75, 3.05) is 30.3 Å². The van der Waals surface area contributed by atoms with Gasteiger partial charge in [0, 0.05) is 36.6 Å². The fourth-order valence-electron chi connectivity index (χ4n) is 3.38. The van der Waals surface area contributed by atoms with Crippen LogP contribution < -0.4 is 10.6 Å². The number of non-ortho nitro benzene ring substituents is 1. The highest BCUT2D eigenvalue weighted by molar-refractivity contribution is 5.94. The van der Waals surface area contributed by atoms with Gasteiger partial charge in [0.05, 0.1) is 10.8 Å². The number of carbonyl (C=O) groups excluding carboxylic acids is 3. The minimum atomic E-state index is -0.532. The standard InChI is InChI=1S/C22H24N4O6/c1-15-13-18(26(30)31)7-8-19(15)24-20(27)14-32-21(28)16-9-11-25(12-10-16)22(29)23-17-5-3-2-4-6-17/h2-8,13,16H,9-12,14H2,1H3,(H,23,29)(H,24,27). The molecule has 3 amide bonds. The molecule has 1 aliphatic rings. The van der Waals surface area contributed by atoms with Crippen LogP contribution in [0.4, 0.5) is 21.9 Å². The number of ether oxygens (including phenoxy) is 1. The normalized spacial score (nSPS) is 13.8. The molecular weight excluding hydrogens is 416 g/mol. The van der Waals surface area contributed by atoms with E-state index in [1.54, 1.807) is 24.0 Å². The molecule has 0 saturated carbocycles. The number of nitrogens with zero attached hydrogens (tertiary/aromatic N) is 2. The van der Waals surface area contributed by atoms with E-state index in [1.165, 1.54) is 18.2 Å². The van der Waals surface area contributed by atoms with Gasteiger partial charge in [-0.15, -0.1) is 0 Å². The molecule has 2 aromatic carbocycles. The lowest BCUT2D eigenvalue weighted by atomic mass is 9.97. The molecule has 3 rings (SSSR count). The van der Waals surface area contributed by atoms with Crippen LogP contribution in [0.3, 0.4) is 0 Å². The molecule has 2 N–H and O–H groups in total. The summed E-state index contributed by atoms with van der Waals surface area (Å²) >= 11 is 0. The van der Waals surface area contributed by atoms with Crippen molar-refractivity contribution in [3.05, 3.63) is 64.2 Å². The number of esters is 1. The molecule has 1 saturated heterocycles. The molecule has 168 valence electrons. The predicted molar refractivity (Wildman–Crippen MR) is 117 cm³/mol. The van der Waals surface area contributed by atoms with Crippen LogP contribution in [0.1, 0.15) is 18.4 Å². The zero-order valence-corrected chi connectivity index (χ0v) is 17.6. The predicted octanol–water partition coefficient (Wildman–Crippen LogP) is 3.33. The Hall–Kier alpha value is -3.95. The van der Waals surface area contributed by atoms with E-state index in [9.17, 15) is 24.5 Å². The number of urea groups is 1. The number of anilines is 2. The van der Waals surface area contributed by atoms with E-state index in [-0.39, 0.29) is 17.6 Å². The second kappa shape index (κ2) is 10.4. The number of nitro benzene ring substituents is 1. The number of nitro groups is 1. The fraction of sp³-hybridized carbons (Fsp3) is 0.318.